The van der Waals surface area contributed by atoms with Crippen molar-refractivity contribution >= 4 is 42.7 Å². The number of thiophene rings is 1. The molecule has 0 atom stereocenters. The Morgan fingerprint density at radius 2 is 2.06 bits per heavy atom. The van der Waals surface area contributed by atoms with Gasteiger partial charge in [-0.05, 0) is 23.9 Å². The first-order valence-electron chi connectivity index (χ1n) is 5.46. The average molecular weight is 283 g/mol. The molecule has 96 valence electrons. The fourth-order valence-electron chi connectivity index (χ4n) is 1.67. The van der Waals surface area contributed by atoms with Crippen LogP contribution in [0.1, 0.15) is 12.0 Å². The van der Waals surface area contributed by atoms with Gasteiger partial charge in [-0.15, -0.1) is 11.3 Å². The van der Waals surface area contributed by atoms with Gasteiger partial charge in [-0.1, -0.05) is 18.2 Å². The summed E-state index contributed by atoms with van der Waals surface area (Å²) in [6.07, 6.45) is 0.621. The molecule has 0 aliphatic heterocycles. The number of benzene rings is 1. The Hall–Kier alpha value is -1.40. The molecule has 2 rings (SSSR count). The van der Waals surface area contributed by atoms with E-state index in [0.29, 0.717) is 11.3 Å². The Labute approximate surface area is 110 Å². The number of fused-ring (bicyclic) bond motifs is 1. The van der Waals surface area contributed by atoms with Crippen molar-refractivity contribution in [2.45, 2.75) is 13.3 Å². The Bertz CT molecular complexity index is 674. The summed E-state index contributed by atoms with van der Waals surface area (Å²) in [6.45, 7) is 1.89. The first-order valence-corrected chi connectivity index (χ1v) is 7.92. The summed E-state index contributed by atoms with van der Waals surface area (Å²) in [6, 6.07) is 7.76. The van der Waals surface area contributed by atoms with Gasteiger partial charge in [0.2, 0.25) is 10.0 Å². The van der Waals surface area contributed by atoms with Crippen LogP contribution in [0.2, 0.25) is 0 Å². The van der Waals surface area contributed by atoms with E-state index in [1.165, 1.54) is 11.3 Å². The van der Waals surface area contributed by atoms with E-state index in [4.69, 9.17) is 0 Å². The summed E-state index contributed by atoms with van der Waals surface area (Å²) in [5, 5.41) is 1.68. The molecule has 2 aromatic rings. The van der Waals surface area contributed by atoms with E-state index in [1.54, 1.807) is 0 Å². The van der Waals surface area contributed by atoms with Gasteiger partial charge < -0.3 is 4.79 Å². The fraction of sp³-hybridized carbons (Fsp3) is 0.250. The molecular formula is C12H13NO3S2. The lowest BCUT2D eigenvalue weighted by Crippen LogP contribution is -2.16. The van der Waals surface area contributed by atoms with Crippen LogP contribution in [0.25, 0.3) is 10.1 Å². The molecule has 0 bridgehead atoms. The second kappa shape index (κ2) is 5.07. The van der Waals surface area contributed by atoms with Gasteiger partial charge in [0, 0.05) is 11.1 Å². The molecule has 1 aromatic heterocycles. The number of hydrogen-bond donors (Lipinski definition) is 1. The molecule has 1 heterocycles. The molecule has 18 heavy (non-hydrogen) atoms. The zero-order valence-corrected chi connectivity index (χ0v) is 11.5. The molecule has 0 amide bonds. The predicted octanol–water partition coefficient (Wildman–Crippen LogP) is 2.54. The van der Waals surface area contributed by atoms with Gasteiger partial charge >= 0.3 is 0 Å². The van der Waals surface area contributed by atoms with Gasteiger partial charge in [0.1, 0.15) is 11.3 Å². The highest BCUT2D eigenvalue weighted by Gasteiger charge is 2.14. The minimum atomic E-state index is -3.44. The van der Waals surface area contributed by atoms with Crippen molar-refractivity contribution in [2.75, 3.05) is 10.5 Å². The highest BCUT2D eigenvalue weighted by Crippen LogP contribution is 2.35. The molecule has 0 spiro atoms. The van der Waals surface area contributed by atoms with Crippen LogP contribution in [0, 0.1) is 6.92 Å². The average Bonchev–Trinajstić information content (AvgIpc) is 2.64. The zero-order chi connectivity index (χ0) is 13.2. The van der Waals surface area contributed by atoms with Crippen molar-refractivity contribution in [1.82, 2.24) is 0 Å². The summed E-state index contributed by atoms with van der Waals surface area (Å²) in [4.78, 5) is 10.2. The molecule has 0 saturated heterocycles. The number of carbonyl (C=O) groups excluding carboxylic acids is 1. The van der Waals surface area contributed by atoms with Crippen LogP contribution in [0.3, 0.4) is 0 Å². The Morgan fingerprint density at radius 3 is 2.72 bits per heavy atom. The quantitative estimate of drug-likeness (QED) is 0.858. The third-order valence-electron chi connectivity index (χ3n) is 2.60. The maximum Gasteiger partial charge on any atom is 0.233 e. The van der Waals surface area contributed by atoms with E-state index in [-0.39, 0.29) is 12.2 Å². The summed E-state index contributed by atoms with van der Waals surface area (Å²) >= 11 is 1.41. The highest BCUT2D eigenvalue weighted by atomic mass is 32.2. The number of anilines is 1. The van der Waals surface area contributed by atoms with E-state index < -0.39 is 10.0 Å². The van der Waals surface area contributed by atoms with Gasteiger partial charge in [-0.25, -0.2) is 8.42 Å². The van der Waals surface area contributed by atoms with Crippen molar-refractivity contribution in [2.24, 2.45) is 0 Å². The number of nitrogens with one attached hydrogen (secondary N) is 1. The van der Waals surface area contributed by atoms with Crippen LogP contribution in [-0.4, -0.2) is 20.5 Å². The van der Waals surface area contributed by atoms with Crippen molar-refractivity contribution in [3.63, 3.8) is 0 Å². The zero-order valence-electron chi connectivity index (χ0n) is 9.84. The Morgan fingerprint density at radius 1 is 1.33 bits per heavy atom. The molecule has 6 heteroatoms. The number of hydrogen-bond acceptors (Lipinski definition) is 4. The predicted molar refractivity (Wildman–Crippen MR) is 74.7 cm³/mol. The normalized spacial score (nSPS) is 11.6. The van der Waals surface area contributed by atoms with Gasteiger partial charge in [0.25, 0.3) is 0 Å². The number of rotatable bonds is 5. The van der Waals surface area contributed by atoms with Crippen molar-refractivity contribution < 1.29 is 13.2 Å². The molecule has 0 fully saturated rings. The van der Waals surface area contributed by atoms with E-state index in [1.807, 2.05) is 31.2 Å². The molecule has 0 aliphatic rings. The summed E-state index contributed by atoms with van der Waals surface area (Å²) in [5.74, 6) is -0.176. The van der Waals surface area contributed by atoms with Crippen LogP contribution in [-0.2, 0) is 14.8 Å². The second-order valence-corrected chi connectivity index (χ2v) is 6.82. The molecule has 0 unspecified atom stereocenters. The maximum atomic E-state index is 11.7. The standard InChI is InChI=1S/C12H13NO3S2/c1-9-10-5-2-3-6-11(10)17-12(9)13-18(15,16)8-4-7-14/h2-3,5-7,13H,4,8H2,1H3. The first kappa shape index (κ1) is 13.0. The maximum absolute atomic E-state index is 11.7. The van der Waals surface area contributed by atoms with E-state index in [0.717, 1.165) is 15.6 Å². The lowest BCUT2D eigenvalue weighted by Gasteiger charge is -2.04. The lowest BCUT2D eigenvalue weighted by molar-refractivity contribution is -0.107. The largest absolute Gasteiger partial charge is 0.303 e. The minimum Gasteiger partial charge on any atom is -0.303 e. The first-order chi connectivity index (χ1) is 8.53. The van der Waals surface area contributed by atoms with Crippen molar-refractivity contribution in [3.05, 3.63) is 29.8 Å². The molecule has 1 N–H and O–H groups in total. The van der Waals surface area contributed by atoms with Gasteiger partial charge in [-0.3, -0.25) is 4.72 Å². The van der Waals surface area contributed by atoms with Crippen molar-refractivity contribution in [1.29, 1.82) is 0 Å². The van der Waals surface area contributed by atoms with Gasteiger partial charge in [0.05, 0.1) is 5.75 Å². The molecule has 0 radical (unpaired) electrons. The third-order valence-corrected chi connectivity index (χ3v) is 5.20. The number of aryl methyl sites for hydroxylation is 1. The summed E-state index contributed by atoms with van der Waals surface area (Å²) in [5.41, 5.74) is 0.922. The lowest BCUT2D eigenvalue weighted by atomic mass is 10.2. The molecular weight excluding hydrogens is 270 g/mol. The van der Waals surface area contributed by atoms with E-state index in [2.05, 4.69) is 4.72 Å². The number of carbonyl (C=O) groups is 1. The van der Waals surface area contributed by atoms with Gasteiger partial charge in [-0.2, -0.15) is 0 Å². The number of aldehydes is 1. The smallest absolute Gasteiger partial charge is 0.233 e. The van der Waals surface area contributed by atoms with Gasteiger partial charge in [0.15, 0.2) is 0 Å². The van der Waals surface area contributed by atoms with Crippen LogP contribution in [0.4, 0.5) is 5.00 Å². The summed E-state index contributed by atoms with van der Waals surface area (Å²) < 4.78 is 27.0. The van der Waals surface area contributed by atoms with Crippen molar-refractivity contribution in [3.8, 4) is 0 Å². The monoisotopic (exact) mass is 283 g/mol. The SMILES string of the molecule is Cc1c(NS(=O)(=O)CCC=O)sc2ccccc12. The fourth-order valence-corrected chi connectivity index (χ4v) is 4.12. The van der Waals surface area contributed by atoms with Crippen LogP contribution in [0.5, 0.6) is 0 Å². The molecule has 0 saturated carbocycles. The van der Waals surface area contributed by atoms with E-state index >= 15 is 0 Å². The Kier molecular flexibility index (Phi) is 3.68. The summed E-state index contributed by atoms with van der Waals surface area (Å²) in [7, 11) is -3.44. The highest BCUT2D eigenvalue weighted by molar-refractivity contribution is 7.92. The number of sulfonamides is 1. The molecule has 4 nitrogen and oxygen atoms in total. The second-order valence-electron chi connectivity index (χ2n) is 3.93. The topological polar surface area (TPSA) is 63.2 Å². The van der Waals surface area contributed by atoms with Crippen LogP contribution in [0.15, 0.2) is 24.3 Å². The third kappa shape index (κ3) is 2.70. The van der Waals surface area contributed by atoms with E-state index in [9.17, 15) is 13.2 Å². The van der Waals surface area contributed by atoms with Crippen LogP contribution >= 0.6 is 11.3 Å². The molecule has 1 aromatic carbocycles. The van der Waals surface area contributed by atoms with Crippen LogP contribution < -0.4 is 4.72 Å². The molecule has 0 aliphatic carbocycles. The minimum absolute atomic E-state index is 0.0132. The Balaban J connectivity index is 2.32.